The second-order valence-electron chi connectivity index (χ2n) is 5.61. The molecule has 4 unspecified atom stereocenters. The van der Waals surface area contributed by atoms with Crippen molar-refractivity contribution in [1.29, 1.82) is 0 Å². The topological polar surface area (TPSA) is 58.3 Å². The molecule has 3 heteroatoms. The van der Waals surface area contributed by atoms with Crippen LogP contribution in [0.3, 0.4) is 0 Å². The van der Waals surface area contributed by atoms with Crippen molar-refractivity contribution in [2.75, 3.05) is 13.2 Å². The fraction of sp³-hybridized carbons (Fsp3) is 1.00. The Hall–Kier alpha value is -0.120. The zero-order valence-electron chi connectivity index (χ0n) is 10.2. The standard InChI is InChI=1S/C13H26N2O/c14-8-11-4-2-6-13(11)15-12-5-1-3-10(7-12)9-16/h10-13,15-16H,1-9,14H2. The summed E-state index contributed by atoms with van der Waals surface area (Å²) in [4.78, 5) is 0. The Morgan fingerprint density at radius 3 is 2.69 bits per heavy atom. The van der Waals surface area contributed by atoms with Crippen molar-refractivity contribution in [1.82, 2.24) is 5.32 Å². The highest BCUT2D eigenvalue weighted by Gasteiger charge is 2.29. The Labute approximate surface area is 98.8 Å². The average Bonchev–Trinajstić information content (AvgIpc) is 2.76. The molecule has 3 nitrogen and oxygen atoms in total. The molecule has 2 rings (SSSR count). The van der Waals surface area contributed by atoms with Gasteiger partial charge in [0.2, 0.25) is 0 Å². The Bertz CT molecular complexity index is 210. The maximum absolute atomic E-state index is 9.22. The summed E-state index contributed by atoms with van der Waals surface area (Å²) < 4.78 is 0. The van der Waals surface area contributed by atoms with Gasteiger partial charge < -0.3 is 16.2 Å². The first-order chi connectivity index (χ1) is 7.83. The number of nitrogens with one attached hydrogen (secondary N) is 1. The first-order valence-corrected chi connectivity index (χ1v) is 6.90. The smallest absolute Gasteiger partial charge is 0.0459 e. The Morgan fingerprint density at radius 1 is 1.12 bits per heavy atom. The number of hydrogen-bond acceptors (Lipinski definition) is 3. The van der Waals surface area contributed by atoms with Crippen molar-refractivity contribution in [2.45, 2.75) is 57.0 Å². The minimum Gasteiger partial charge on any atom is -0.396 e. The molecule has 2 saturated carbocycles. The Balaban J connectivity index is 1.79. The van der Waals surface area contributed by atoms with Gasteiger partial charge in [0.15, 0.2) is 0 Å². The van der Waals surface area contributed by atoms with Crippen LogP contribution >= 0.6 is 0 Å². The lowest BCUT2D eigenvalue weighted by molar-refractivity contribution is 0.163. The van der Waals surface area contributed by atoms with E-state index in [0.717, 1.165) is 13.0 Å². The summed E-state index contributed by atoms with van der Waals surface area (Å²) >= 11 is 0. The van der Waals surface area contributed by atoms with Crippen LogP contribution in [0.2, 0.25) is 0 Å². The molecular weight excluding hydrogens is 200 g/mol. The second-order valence-corrected chi connectivity index (χ2v) is 5.61. The number of aliphatic hydroxyl groups is 1. The van der Waals surface area contributed by atoms with E-state index in [1.807, 2.05) is 0 Å². The lowest BCUT2D eigenvalue weighted by Gasteiger charge is -2.32. The minimum atomic E-state index is 0.364. The van der Waals surface area contributed by atoms with Gasteiger partial charge in [-0.05, 0) is 50.5 Å². The maximum atomic E-state index is 9.22. The van der Waals surface area contributed by atoms with Gasteiger partial charge in [-0.25, -0.2) is 0 Å². The van der Waals surface area contributed by atoms with Crippen LogP contribution in [0.25, 0.3) is 0 Å². The first kappa shape index (κ1) is 12.3. The van der Waals surface area contributed by atoms with Crippen molar-refractivity contribution in [3.63, 3.8) is 0 Å². The van der Waals surface area contributed by atoms with Crippen LogP contribution in [0.1, 0.15) is 44.9 Å². The molecule has 2 fully saturated rings. The maximum Gasteiger partial charge on any atom is 0.0459 e. The van der Waals surface area contributed by atoms with Gasteiger partial charge in [0.05, 0.1) is 0 Å². The zero-order chi connectivity index (χ0) is 11.4. The third kappa shape index (κ3) is 2.96. The van der Waals surface area contributed by atoms with Gasteiger partial charge >= 0.3 is 0 Å². The summed E-state index contributed by atoms with van der Waals surface area (Å²) in [5, 5.41) is 13.0. The fourth-order valence-electron chi connectivity index (χ4n) is 3.45. The van der Waals surface area contributed by atoms with Crippen LogP contribution < -0.4 is 11.1 Å². The minimum absolute atomic E-state index is 0.364. The zero-order valence-corrected chi connectivity index (χ0v) is 10.2. The van der Waals surface area contributed by atoms with Gasteiger partial charge in [0.1, 0.15) is 0 Å². The summed E-state index contributed by atoms with van der Waals surface area (Å²) in [5.41, 5.74) is 5.80. The van der Waals surface area contributed by atoms with E-state index in [2.05, 4.69) is 5.32 Å². The summed E-state index contributed by atoms with van der Waals surface area (Å²) in [5.74, 6) is 1.22. The molecule has 0 aliphatic heterocycles. The van der Waals surface area contributed by atoms with Gasteiger partial charge in [-0.3, -0.25) is 0 Å². The molecular formula is C13H26N2O. The lowest BCUT2D eigenvalue weighted by Crippen LogP contribution is -2.44. The van der Waals surface area contributed by atoms with Gasteiger partial charge in [-0.2, -0.15) is 0 Å². The van der Waals surface area contributed by atoms with E-state index < -0.39 is 0 Å². The van der Waals surface area contributed by atoms with Gasteiger partial charge in [0.25, 0.3) is 0 Å². The van der Waals surface area contributed by atoms with Crippen LogP contribution in [-0.2, 0) is 0 Å². The van der Waals surface area contributed by atoms with E-state index in [4.69, 9.17) is 5.73 Å². The van der Waals surface area contributed by atoms with Crippen LogP contribution in [0.4, 0.5) is 0 Å². The highest BCUT2D eigenvalue weighted by Crippen LogP contribution is 2.29. The number of hydrogen-bond donors (Lipinski definition) is 3. The van der Waals surface area contributed by atoms with Gasteiger partial charge in [-0.1, -0.05) is 12.8 Å². The van der Waals surface area contributed by atoms with E-state index in [1.54, 1.807) is 0 Å². The van der Waals surface area contributed by atoms with Crippen LogP contribution in [-0.4, -0.2) is 30.3 Å². The molecule has 0 aromatic carbocycles. The SMILES string of the molecule is NCC1CCCC1NC1CCCC(CO)C1. The molecule has 4 atom stereocenters. The van der Waals surface area contributed by atoms with Crippen molar-refractivity contribution in [3.05, 3.63) is 0 Å². The van der Waals surface area contributed by atoms with Crippen molar-refractivity contribution in [2.24, 2.45) is 17.6 Å². The molecule has 0 saturated heterocycles. The summed E-state index contributed by atoms with van der Waals surface area (Å²) in [7, 11) is 0. The Kier molecular flexibility index (Phi) is 4.62. The molecule has 0 bridgehead atoms. The van der Waals surface area contributed by atoms with Gasteiger partial charge in [0, 0.05) is 18.7 Å². The number of rotatable bonds is 4. The molecule has 0 aromatic heterocycles. The van der Waals surface area contributed by atoms with E-state index in [1.165, 1.54) is 38.5 Å². The summed E-state index contributed by atoms with van der Waals surface area (Å²) in [6.07, 6.45) is 8.83. The normalized spacial score (nSPS) is 40.1. The molecule has 2 aliphatic carbocycles. The van der Waals surface area contributed by atoms with Crippen LogP contribution in [0, 0.1) is 11.8 Å². The van der Waals surface area contributed by atoms with E-state index in [9.17, 15) is 5.11 Å². The molecule has 0 spiro atoms. The molecule has 94 valence electrons. The summed E-state index contributed by atoms with van der Waals surface area (Å²) in [6, 6.07) is 1.27. The molecule has 0 aromatic rings. The van der Waals surface area contributed by atoms with Crippen molar-refractivity contribution >= 4 is 0 Å². The predicted octanol–water partition coefficient (Wildman–Crippen LogP) is 1.25. The first-order valence-electron chi connectivity index (χ1n) is 6.90. The van der Waals surface area contributed by atoms with E-state index in [0.29, 0.717) is 30.5 Å². The predicted molar refractivity (Wildman–Crippen MR) is 66.2 cm³/mol. The van der Waals surface area contributed by atoms with Crippen LogP contribution in [0.5, 0.6) is 0 Å². The monoisotopic (exact) mass is 226 g/mol. The molecule has 16 heavy (non-hydrogen) atoms. The molecule has 2 aliphatic rings. The van der Waals surface area contributed by atoms with Gasteiger partial charge in [-0.15, -0.1) is 0 Å². The lowest BCUT2D eigenvalue weighted by atomic mass is 9.85. The molecule has 0 radical (unpaired) electrons. The number of nitrogens with two attached hydrogens (primary N) is 1. The third-order valence-electron chi connectivity index (χ3n) is 4.45. The number of aliphatic hydroxyl groups excluding tert-OH is 1. The average molecular weight is 226 g/mol. The van der Waals surface area contributed by atoms with Crippen LogP contribution in [0.15, 0.2) is 0 Å². The third-order valence-corrected chi connectivity index (χ3v) is 4.45. The highest BCUT2D eigenvalue weighted by atomic mass is 16.3. The largest absolute Gasteiger partial charge is 0.396 e. The molecule has 0 amide bonds. The second kappa shape index (κ2) is 5.99. The Morgan fingerprint density at radius 2 is 1.94 bits per heavy atom. The van der Waals surface area contributed by atoms with Crippen molar-refractivity contribution in [3.8, 4) is 0 Å². The fourth-order valence-corrected chi connectivity index (χ4v) is 3.45. The summed E-state index contributed by atoms with van der Waals surface area (Å²) in [6.45, 7) is 1.19. The van der Waals surface area contributed by atoms with Crippen molar-refractivity contribution < 1.29 is 5.11 Å². The quantitative estimate of drug-likeness (QED) is 0.676. The molecule has 0 heterocycles. The van der Waals surface area contributed by atoms with E-state index in [-0.39, 0.29) is 0 Å². The molecule has 4 N–H and O–H groups in total. The highest BCUT2D eigenvalue weighted by molar-refractivity contribution is 4.88. The van der Waals surface area contributed by atoms with E-state index >= 15 is 0 Å².